The van der Waals surface area contributed by atoms with Gasteiger partial charge in [-0.15, -0.1) is 0 Å². The maximum absolute atomic E-state index is 11.8. The van der Waals surface area contributed by atoms with Crippen LogP contribution in [0.25, 0.3) is 0 Å². The third-order valence-electron chi connectivity index (χ3n) is 2.23. The van der Waals surface area contributed by atoms with Crippen molar-refractivity contribution in [3.63, 3.8) is 0 Å². The molecule has 0 bridgehead atoms. The average molecular weight is 302 g/mol. The summed E-state index contributed by atoms with van der Waals surface area (Å²) in [5.41, 5.74) is -0.501. The third-order valence-corrected chi connectivity index (χ3v) is 3.59. The molecule has 110 valence electrons. The molecule has 0 saturated heterocycles. The van der Waals surface area contributed by atoms with Gasteiger partial charge in [0.15, 0.2) is 0 Å². The largest absolute Gasteiger partial charge is 0.478 e. The summed E-state index contributed by atoms with van der Waals surface area (Å²) in [5.74, 6) is -2.16. The molecule has 8 heteroatoms. The van der Waals surface area contributed by atoms with Gasteiger partial charge in [0.1, 0.15) is 0 Å². The topological polar surface area (TPSA) is 107 Å². The van der Waals surface area contributed by atoms with E-state index in [4.69, 9.17) is 9.84 Å². The van der Waals surface area contributed by atoms with Gasteiger partial charge in [-0.25, -0.2) is 9.59 Å². The highest BCUT2D eigenvalue weighted by atomic mass is 32.2. The van der Waals surface area contributed by atoms with E-state index < -0.39 is 27.0 Å². The molecule has 0 aliphatic heterocycles. The Morgan fingerprint density at radius 1 is 1.10 bits per heavy atom. The molecular formula is C12H14O7S. The first kappa shape index (κ1) is 16.1. The Balaban J connectivity index is 3.39. The number of benzene rings is 1. The predicted octanol–water partition coefficient (Wildman–Crippen LogP) is 1.29. The molecule has 7 nitrogen and oxygen atoms in total. The van der Waals surface area contributed by atoms with Gasteiger partial charge in [-0.05, 0) is 32.0 Å². The number of carbonyl (C=O) groups excluding carboxylic acids is 1. The number of ether oxygens (including phenoxy) is 1. The molecule has 0 radical (unpaired) electrons. The van der Waals surface area contributed by atoms with Gasteiger partial charge in [0.2, 0.25) is 0 Å². The van der Waals surface area contributed by atoms with Crippen LogP contribution in [0.5, 0.6) is 0 Å². The lowest BCUT2D eigenvalue weighted by atomic mass is 10.1. The second-order valence-electron chi connectivity index (χ2n) is 3.63. The Kier molecular flexibility index (Phi) is 5.23. The van der Waals surface area contributed by atoms with Crippen molar-refractivity contribution >= 4 is 22.1 Å². The van der Waals surface area contributed by atoms with Crippen LogP contribution >= 0.6 is 0 Å². The first-order chi connectivity index (χ1) is 9.31. The second-order valence-corrected chi connectivity index (χ2v) is 5.25. The van der Waals surface area contributed by atoms with Crippen molar-refractivity contribution in [1.82, 2.24) is 0 Å². The minimum Gasteiger partial charge on any atom is -0.478 e. The Morgan fingerprint density at radius 2 is 1.70 bits per heavy atom. The highest BCUT2D eigenvalue weighted by Crippen LogP contribution is 2.18. The van der Waals surface area contributed by atoms with E-state index in [0.29, 0.717) is 0 Å². The van der Waals surface area contributed by atoms with Crippen molar-refractivity contribution in [2.75, 3.05) is 13.2 Å². The van der Waals surface area contributed by atoms with Crippen LogP contribution in [0.3, 0.4) is 0 Å². The molecule has 1 N–H and O–H groups in total. The quantitative estimate of drug-likeness (QED) is 0.623. The zero-order valence-corrected chi connectivity index (χ0v) is 11.8. The second kappa shape index (κ2) is 6.49. The van der Waals surface area contributed by atoms with E-state index in [1.54, 1.807) is 6.92 Å². The molecular weight excluding hydrogens is 288 g/mol. The molecule has 1 aromatic carbocycles. The van der Waals surface area contributed by atoms with E-state index in [2.05, 4.69) is 4.18 Å². The molecule has 20 heavy (non-hydrogen) atoms. The Hall–Kier alpha value is -1.93. The van der Waals surface area contributed by atoms with Crippen LogP contribution in [0.1, 0.15) is 34.6 Å². The zero-order chi connectivity index (χ0) is 15.3. The van der Waals surface area contributed by atoms with Gasteiger partial charge in [-0.3, -0.25) is 4.18 Å². The van der Waals surface area contributed by atoms with Crippen LogP contribution in [0, 0.1) is 0 Å². The molecule has 0 aliphatic carbocycles. The summed E-state index contributed by atoms with van der Waals surface area (Å²) < 4.78 is 32.8. The van der Waals surface area contributed by atoms with Crippen LogP contribution in [-0.2, 0) is 19.0 Å². The van der Waals surface area contributed by atoms with Crippen molar-refractivity contribution in [3.05, 3.63) is 29.3 Å². The molecule has 0 unspecified atom stereocenters. The van der Waals surface area contributed by atoms with Gasteiger partial charge in [0, 0.05) is 0 Å². The SMILES string of the molecule is CCOC(=O)c1cc(C(=O)O)cc(S(=O)(=O)OCC)c1. The van der Waals surface area contributed by atoms with Gasteiger partial charge in [-0.2, -0.15) is 8.42 Å². The van der Waals surface area contributed by atoms with Gasteiger partial charge >= 0.3 is 11.9 Å². The minimum absolute atomic E-state index is 0.0870. The van der Waals surface area contributed by atoms with Gasteiger partial charge in [0.25, 0.3) is 10.1 Å². The Bertz CT molecular complexity index is 619. The summed E-state index contributed by atoms with van der Waals surface area (Å²) in [5, 5.41) is 8.95. The number of carbonyl (C=O) groups is 2. The fourth-order valence-electron chi connectivity index (χ4n) is 1.42. The van der Waals surface area contributed by atoms with Crippen molar-refractivity contribution in [3.8, 4) is 0 Å². The van der Waals surface area contributed by atoms with Crippen LogP contribution in [0.2, 0.25) is 0 Å². The van der Waals surface area contributed by atoms with E-state index in [-0.39, 0.29) is 24.3 Å². The number of hydrogen-bond acceptors (Lipinski definition) is 6. The Labute approximate surface area is 116 Å². The average Bonchev–Trinajstić information content (AvgIpc) is 2.38. The first-order valence-electron chi connectivity index (χ1n) is 5.76. The smallest absolute Gasteiger partial charge is 0.338 e. The van der Waals surface area contributed by atoms with Crippen LogP contribution in [0.15, 0.2) is 23.1 Å². The number of hydrogen-bond donors (Lipinski definition) is 1. The van der Waals surface area contributed by atoms with Crippen LogP contribution in [0.4, 0.5) is 0 Å². The molecule has 0 fully saturated rings. The maximum Gasteiger partial charge on any atom is 0.338 e. The summed E-state index contributed by atoms with van der Waals surface area (Å²) in [6, 6.07) is 3.00. The molecule has 1 aromatic rings. The van der Waals surface area contributed by atoms with Crippen molar-refractivity contribution < 1.29 is 32.0 Å². The molecule has 0 heterocycles. The number of carboxylic acid groups (broad SMARTS) is 1. The summed E-state index contributed by atoms with van der Waals surface area (Å²) in [6.07, 6.45) is 0. The summed E-state index contributed by atoms with van der Waals surface area (Å²) in [6.45, 7) is 3.04. The highest BCUT2D eigenvalue weighted by Gasteiger charge is 2.21. The van der Waals surface area contributed by atoms with E-state index in [1.165, 1.54) is 6.92 Å². The first-order valence-corrected chi connectivity index (χ1v) is 7.17. The predicted molar refractivity (Wildman–Crippen MR) is 68.2 cm³/mol. The van der Waals surface area contributed by atoms with E-state index in [9.17, 15) is 18.0 Å². The molecule has 0 aliphatic rings. The summed E-state index contributed by atoms with van der Waals surface area (Å²) >= 11 is 0. The van der Waals surface area contributed by atoms with Gasteiger partial charge in [0.05, 0.1) is 29.2 Å². The van der Waals surface area contributed by atoms with Gasteiger partial charge < -0.3 is 9.84 Å². The molecule has 0 spiro atoms. The van der Waals surface area contributed by atoms with E-state index >= 15 is 0 Å². The fraction of sp³-hybridized carbons (Fsp3) is 0.333. The highest BCUT2D eigenvalue weighted by molar-refractivity contribution is 7.86. The molecule has 1 rings (SSSR count). The van der Waals surface area contributed by atoms with Gasteiger partial charge in [-0.1, -0.05) is 0 Å². The summed E-state index contributed by atoms with van der Waals surface area (Å²) in [4.78, 5) is 22.2. The van der Waals surface area contributed by atoms with E-state index in [1.807, 2.05) is 0 Å². The lowest BCUT2D eigenvalue weighted by Crippen LogP contribution is -2.12. The number of esters is 1. The van der Waals surface area contributed by atoms with E-state index in [0.717, 1.165) is 18.2 Å². The fourth-order valence-corrected chi connectivity index (χ4v) is 2.41. The lowest BCUT2D eigenvalue weighted by molar-refractivity contribution is 0.0526. The third kappa shape index (κ3) is 3.78. The number of carboxylic acids is 1. The maximum atomic E-state index is 11.8. The monoisotopic (exact) mass is 302 g/mol. The number of rotatable bonds is 6. The van der Waals surface area contributed by atoms with Crippen molar-refractivity contribution in [2.24, 2.45) is 0 Å². The van der Waals surface area contributed by atoms with Crippen molar-refractivity contribution in [2.45, 2.75) is 18.7 Å². The normalized spacial score (nSPS) is 11.1. The minimum atomic E-state index is -4.11. The zero-order valence-electron chi connectivity index (χ0n) is 11.0. The van der Waals surface area contributed by atoms with Crippen LogP contribution < -0.4 is 0 Å². The molecule has 0 atom stereocenters. The van der Waals surface area contributed by atoms with Crippen LogP contribution in [-0.4, -0.2) is 38.7 Å². The molecule has 0 amide bonds. The molecule has 0 aromatic heterocycles. The standard InChI is InChI=1S/C12H14O7S/c1-3-18-12(15)9-5-8(11(13)14)6-10(7-9)20(16,17)19-4-2/h5-7H,3-4H2,1-2H3,(H,13,14). The molecule has 0 saturated carbocycles. The van der Waals surface area contributed by atoms with Crippen molar-refractivity contribution in [1.29, 1.82) is 0 Å². The Morgan fingerprint density at radius 3 is 2.20 bits per heavy atom. The lowest BCUT2D eigenvalue weighted by Gasteiger charge is -2.08. The summed E-state index contributed by atoms with van der Waals surface area (Å²) in [7, 11) is -4.11. The number of aromatic carboxylic acids is 1.